The van der Waals surface area contributed by atoms with E-state index in [0.29, 0.717) is 40.5 Å². The first-order chi connectivity index (χ1) is 15.3. The van der Waals surface area contributed by atoms with Gasteiger partial charge in [0.25, 0.3) is 5.91 Å². The maximum absolute atomic E-state index is 12.5. The number of nitrogens with two attached hydrogens (primary N) is 2. The lowest BCUT2D eigenvalue weighted by atomic mass is 9.90. The molecule has 174 valence electrons. The summed E-state index contributed by atoms with van der Waals surface area (Å²) in [5.74, 6) is -1.28. The van der Waals surface area contributed by atoms with E-state index in [9.17, 15) is 14.9 Å². The minimum atomic E-state index is -0.615. The van der Waals surface area contributed by atoms with Crippen molar-refractivity contribution in [3.05, 3.63) is 41.2 Å². The molecule has 2 aromatic rings. The molecule has 0 radical (unpaired) electrons. The number of carbonyl (C=O) groups excluding carboxylic acids is 2. The summed E-state index contributed by atoms with van der Waals surface area (Å²) in [5, 5.41) is 16.5. The molecule has 1 fully saturated rings. The maximum Gasteiger partial charge on any atom is 0.252 e. The Morgan fingerprint density at radius 2 is 2.03 bits per heavy atom. The Balaban J connectivity index is 1.73. The second kappa shape index (κ2) is 8.70. The van der Waals surface area contributed by atoms with Crippen molar-refractivity contribution < 1.29 is 9.59 Å². The number of allylic oxidation sites excluding steroid dienone is 1. The Hall–Kier alpha value is -3.67. The Bertz CT molecular complexity index is 1140. The molecule has 0 bridgehead atoms. The van der Waals surface area contributed by atoms with Crippen LogP contribution >= 0.6 is 0 Å². The van der Waals surface area contributed by atoms with Gasteiger partial charge >= 0.3 is 0 Å². The van der Waals surface area contributed by atoms with Crippen molar-refractivity contribution in [3.63, 3.8) is 0 Å². The van der Waals surface area contributed by atoms with Gasteiger partial charge in [0.15, 0.2) is 0 Å². The van der Waals surface area contributed by atoms with Crippen molar-refractivity contribution in [3.8, 4) is 17.5 Å². The van der Waals surface area contributed by atoms with Gasteiger partial charge in [-0.2, -0.15) is 10.4 Å². The third kappa shape index (κ3) is 5.40. The smallest absolute Gasteiger partial charge is 0.252 e. The number of aromatic nitrogens is 3. The van der Waals surface area contributed by atoms with Crippen LogP contribution < -0.4 is 16.8 Å². The molecule has 33 heavy (non-hydrogen) atoms. The Labute approximate surface area is 193 Å². The summed E-state index contributed by atoms with van der Waals surface area (Å²) in [5.41, 5.74) is 14.1. The summed E-state index contributed by atoms with van der Waals surface area (Å²) in [6, 6.07) is 5.55. The lowest BCUT2D eigenvalue weighted by Gasteiger charge is -2.18. The molecule has 0 spiro atoms. The van der Waals surface area contributed by atoms with Crippen LogP contribution in [0.25, 0.3) is 11.4 Å². The van der Waals surface area contributed by atoms with E-state index in [1.54, 1.807) is 29.9 Å². The molecule has 0 saturated heterocycles. The lowest BCUT2D eigenvalue weighted by molar-refractivity contribution is -0.128. The molecule has 5 N–H and O–H groups in total. The van der Waals surface area contributed by atoms with Crippen LogP contribution in [0, 0.1) is 16.7 Å². The number of amides is 2. The van der Waals surface area contributed by atoms with E-state index in [0.717, 1.165) is 12.8 Å². The van der Waals surface area contributed by atoms with Crippen molar-refractivity contribution in [2.45, 2.75) is 65.3 Å². The molecule has 0 aliphatic heterocycles. The topological polar surface area (TPSA) is 153 Å². The third-order valence-electron chi connectivity index (χ3n) is 5.74. The van der Waals surface area contributed by atoms with E-state index in [1.807, 2.05) is 27.7 Å². The summed E-state index contributed by atoms with van der Waals surface area (Å²) < 4.78 is 1.71. The van der Waals surface area contributed by atoms with Crippen molar-refractivity contribution in [2.75, 3.05) is 5.73 Å². The molecule has 1 aliphatic rings. The fourth-order valence-electron chi connectivity index (χ4n) is 3.58. The normalized spacial score (nSPS) is 16.1. The van der Waals surface area contributed by atoms with Gasteiger partial charge in [-0.1, -0.05) is 26.8 Å². The van der Waals surface area contributed by atoms with Crippen LogP contribution in [0.15, 0.2) is 30.1 Å². The first-order valence-corrected chi connectivity index (χ1v) is 10.9. The largest absolute Gasteiger partial charge is 0.402 e. The van der Waals surface area contributed by atoms with Crippen molar-refractivity contribution in [1.82, 2.24) is 20.1 Å². The van der Waals surface area contributed by atoms with Crippen LogP contribution in [0.3, 0.4) is 0 Å². The number of hydrogen-bond acceptors (Lipinski definition) is 7. The highest BCUT2D eigenvalue weighted by Crippen LogP contribution is 2.45. The molecule has 3 rings (SSSR count). The quantitative estimate of drug-likeness (QED) is 0.573. The van der Waals surface area contributed by atoms with Crippen LogP contribution in [0.2, 0.25) is 0 Å². The van der Waals surface area contributed by atoms with Crippen molar-refractivity contribution in [2.24, 2.45) is 11.1 Å². The van der Waals surface area contributed by atoms with Crippen LogP contribution in [0.4, 0.5) is 5.82 Å². The number of nitrogen functional groups attached to an aromatic ring is 1. The third-order valence-corrected chi connectivity index (χ3v) is 5.74. The maximum atomic E-state index is 12.5. The number of rotatable bonds is 6. The first-order valence-electron chi connectivity index (χ1n) is 10.9. The van der Waals surface area contributed by atoms with E-state index < -0.39 is 17.7 Å². The summed E-state index contributed by atoms with van der Waals surface area (Å²) in [6.07, 6.45) is 5.25. The molecule has 9 heteroatoms. The van der Waals surface area contributed by atoms with E-state index in [1.165, 1.54) is 6.08 Å². The van der Waals surface area contributed by atoms with Gasteiger partial charge in [-0.05, 0) is 50.2 Å². The van der Waals surface area contributed by atoms with Gasteiger partial charge in [-0.3, -0.25) is 19.9 Å². The Kier molecular flexibility index (Phi) is 6.32. The van der Waals surface area contributed by atoms with Crippen molar-refractivity contribution in [1.29, 1.82) is 5.26 Å². The standard InChI is InChI=1S/C24H31N7O2/c1-14(22(33)29-19(32)10-16(26)11-23(2,3)4)15-6-7-18(28-13-15)20-17(12-25)21(27)31(30-20)24(5)8-9-24/h6-7,10,13-14H,8-9,11,26-27H2,1-5H3,(H,29,32,33). The zero-order valence-corrected chi connectivity index (χ0v) is 19.8. The van der Waals surface area contributed by atoms with Gasteiger partial charge in [0.1, 0.15) is 23.1 Å². The second-order valence-corrected chi connectivity index (χ2v) is 10.1. The monoisotopic (exact) mass is 449 g/mol. The Morgan fingerprint density at radius 3 is 2.55 bits per heavy atom. The minimum absolute atomic E-state index is 0.0616. The van der Waals surface area contributed by atoms with Crippen LogP contribution in [-0.4, -0.2) is 26.6 Å². The first kappa shape index (κ1) is 24.0. The second-order valence-electron chi connectivity index (χ2n) is 10.1. The molecular weight excluding hydrogens is 418 g/mol. The fraction of sp³-hybridized carbons (Fsp3) is 0.458. The number of pyridine rings is 1. The van der Waals surface area contributed by atoms with Gasteiger partial charge in [-0.15, -0.1) is 0 Å². The summed E-state index contributed by atoms with van der Waals surface area (Å²) in [4.78, 5) is 29.1. The van der Waals surface area contributed by atoms with Gasteiger partial charge in [0.2, 0.25) is 5.91 Å². The predicted octanol–water partition coefficient (Wildman–Crippen LogP) is 2.93. The SMILES string of the molecule is CC(C(=O)NC(=O)C=C(N)CC(C)(C)C)c1ccc(-c2nn(C3(C)CC3)c(N)c2C#N)nc1. The molecule has 1 saturated carbocycles. The van der Waals surface area contributed by atoms with E-state index >= 15 is 0 Å². The number of nitrogens with zero attached hydrogens (tertiary/aromatic N) is 4. The zero-order chi connectivity index (χ0) is 24.6. The molecule has 0 aromatic carbocycles. The van der Waals surface area contributed by atoms with Crippen LogP contribution in [0.1, 0.15) is 70.9 Å². The summed E-state index contributed by atoms with van der Waals surface area (Å²) in [6.45, 7) is 9.77. The number of carbonyl (C=O) groups is 2. The predicted molar refractivity (Wildman–Crippen MR) is 125 cm³/mol. The highest BCUT2D eigenvalue weighted by molar-refractivity contribution is 6.03. The number of hydrogen-bond donors (Lipinski definition) is 3. The van der Waals surface area contributed by atoms with Gasteiger partial charge in [-0.25, -0.2) is 4.68 Å². The van der Waals surface area contributed by atoms with Crippen LogP contribution in [-0.2, 0) is 15.1 Å². The zero-order valence-electron chi connectivity index (χ0n) is 19.8. The average Bonchev–Trinajstić information content (AvgIpc) is 3.36. The molecule has 1 unspecified atom stereocenters. The van der Waals surface area contributed by atoms with E-state index in [-0.39, 0.29) is 11.0 Å². The average molecular weight is 450 g/mol. The Morgan fingerprint density at radius 1 is 1.36 bits per heavy atom. The van der Waals surface area contributed by atoms with Crippen LogP contribution in [0.5, 0.6) is 0 Å². The number of nitrogens with one attached hydrogen (secondary N) is 1. The molecule has 2 amide bonds. The molecule has 9 nitrogen and oxygen atoms in total. The summed E-state index contributed by atoms with van der Waals surface area (Å²) >= 11 is 0. The van der Waals surface area contributed by atoms with E-state index in [4.69, 9.17) is 11.5 Å². The van der Waals surface area contributed by atoms with E-state index in [2.05, 4.69) is 21.5 Å². The number of imide groups is 1. The molecule has 2 aromatic heterocycles. The fourth-order valence-corrected chi connectivity index (χ4v) is 3.58. The number of nitriles is 1. The summed E-state index contributed by atoms with van der Waals surface area (Å²) in [7, 11) is 0. The highest BCUT2D eigenvalue weighted by atomic mass is 16.2. The molecule has 2 heterocycles. The molecular formula is C24H31N7O2. The highest BCUT2D eigenvalue weighted by Gasteiger charge is 2.43. The van der Waals surface area contributed by atoms with Gasteiger partial charge in [0.05, 0.1) is 17.2 Å². The molecule has 1 aliphatic carbocycles. The minimum Gasteiger partial charge on any atom is -0.402 e. The van der Waals surface area contributed by atoms with Crippen molar-refractivity contribution >= 4 is 17.6 Å². The molecule has 1 atom stereocenters. The number of anilines is 1. The lowest BCUT2D eigenvalue weighted by Crippen LogP contribution is -2.33. The van der Waals surface area contributed by atoms with Gasteiger partial charge in [0, 0.05) is 18.0 Å². The van der Waals surface area contributed by atoms with Gasteiger partial charge < -0.3 is 11.5 Å².